The molecule has 1 aromatic heterocycles. The first-order valence-corrected chi connectivity index (χ1v) is 10.2. The zero-order valence-corrected chi connectivity index (χ0v) is 15.5. The van der Waals surface area contributed by atoms with Crippen LogP contribution < -0.4 is 9.47 Å². The fourth-order valence-electron chi connectivity index (χ4n) is 3.18. The van der Waals surface area contributed by atoms with Crippen LogP contribution in [0.3, 0.4) is 0 Å². The summed E-state index contributed by atoms with van der Waals surface area (Å²) in [5.74, 6) is 1.22. The first-order valence-electron chi connectivity index (χ1n) is 8.73. The average Bonchev–Trinajstić information content (AvgIpc) is 3.23. The summed E-state index contributed by atoms with van der Waals surface area (Å²) in [6, 6.07) is 7.97. The average molecular weight is 392 g/mol. The Balaban J connectivity index is 1.40. The highest BCUT2D eigenvalue weighted by molar-refractivity contribution is 7.89. The molecule has 144 valence electrons. The number of hydrogen-bond acceptors (Lipinski definition) is 7. The number of benzene rings is 1. The Morgan fingerprint density at radius 2 is 1.74 bits per heavy atom. The topological polar surface area (TPSA) is 89.3 Å². The minimum absolute atomic E-state index is 0.108. The predicted molar refractivity (Wildman–Crippen MR) is 95.7 cm³/mol. The van der Waals surface area contributed by atoms with Gasteiger partial charge in [-0.05, 0) is 24.3 Å². The number of carbonyl (C=O) groups is 1. The summed E-state index contributed by atoms with van der Waals surface area (Å²) in [7, 11) is -3.62. The van der Waals surface area contributed by atoms with Crippen LogP contribution in [0.25, 0.3) is 0 Å². The number of fused-ring (bicyclic) bond motifs is 1. The van der Waals surface area contributed by atoms with Crippen molar-refractivity contribution in [3.8, 4) is 11.5 Å². The minimum atomic E-state index is -3.62. The lowest BCUT2D eigenvalue weighted by Crippen LogP contribution is -2.49. The highest BCUT2D eigenvalue weighted by atomic mass is 32.2. The van der Waals surface area contributed by atoms with Crippen molar-refractivity contribution in [2.24, 2.45) is 0 Å². The minimum Gasteiger partial charge on any atom is -0.486 e. The zero-order valence-electron chi connectivity index (χ0n) is 14.7. The summed E-state index contributed by atoms with van der Waals surface area (Å²) < 4.78 is 43.3. The maximum Gasteiger partial charge on any atom is 0.243 e. The molecular weight excluding hydrogens is 372 g/mol. The molecule has 8 nitrogen and oxygen atoms in total. The van der Waals surface area contributed by atoms with Gasteiger partial charge in [0.2, 0.25) is 15.8 Å². The summed E-state index contributed by atoms with van der Waals surface area (Å²) in [5.41, 5.74) is 0. The molecule has 0 atom stereocenters. The van der Waals surface area contributed by atoms with E-state index >= 15 is 0 Å². The highest BCUT2D eigenvalue weighted by Gasteiger charge is 2.30. The quantitative estimate of drug-likeness (QED) is 0.707. The van der Waals surface area contributed by atoms with Crippen LogP contribution in [-0.2, 0) is 10.0 Å². The van der Waals surface area contributed by atoms with Crippen molar-refractivity contribution in [3.05, 3.63) is 42.4 Å². The van der Waals surface area contributed by atoms with Gasteiger partial charge in [0, 0.05) is 32.2 Å². The third kappa shape index (κ3) is 3.71. The molecule has 0 N–H and O–H groups in total. The van der Waals surface area contributed by atoms with Crippen LogP contribution in [0, 0.1) is 0 Å². The Labute approximate surface area is 157 Å². The monoisotopic (exact) mass is 392 g/mol. The molecule has 9 heteroatoms. The largest absolute Gasteiger partial charge is 0.486 e. The van der Waals surface area contributed by atoms with Crippen molar-refractivity contribution in [2.75, 3.05) is 45.9 Å². The molecule has 0 spiro atoms. The number of furan rings is 1. The van der Waals surface area contributed by atoms with Gasteiger partial charge in [-0.25, -0.2) is 8.42 Å². The fourth-order valence-corrected chi connectivity index (χ4v) is 4.62. The summed E-state index contributed by atoms with van der Waals surface area (Å²) in [4.78, 5) is 14.2. The number of sulfonamides is 1. The molecule has 0 bridgehead atoms. The predicted octanol–water partition coefficient (Wildman–Crippen LogP) is 1.24. The molecule has 2 aromatic rings. The number of nitrogens with zero attached hydrogens (tertiary/aromatic N) is 2. The number of hydrogen-bond donors (Lipinski definition) is 0. The van der Waals surface area contributed by atoms with Gasteiger partial charge in [0.15, 0.2) is 17.3 Å². The number of carbonyl (C=O) groups excluding carboxylic acids is 1. The van der Waals surface area contributed by atoms with Crippen molar-refractivity contribution in [3.63, 3.8) is 0 Å². The molecule has 0 unspecified atom stereocenters. The van der Waals surface area contributed by atoms with E-state index in [0.717, 1.165) is 0 Å². The third-order valence-electron chi connectivity index (χ3n) is 4.65. The number of piperazine rings is 1. The van der Waals surface area contributed by atoms with E-state index in [9.17, 15) is 13.2 Å². The van der Waals surface area contributed by atoms with Gasteiger partial charge in [-0.3, -0.25) is 9.69 Å². The maximum absolute atomic E-state index is 12.9. The Kier molecular flexibility index (Phi) is 4.90. The van der Waals surface area contributed by atoms with Crippen LogP contribution in [-0.4, -0.2) is 69.3 Å². The number of ketones is 1. The lowest BCUT2D eigenvalue weighted by Gasteiger charge is -2.33. The van der Waals surface area contributed by atoms with E-state index in [0.29, 0.717) is 56.7 Å². The van der Waals surface area contributed by atoms with Crippen LogP contribution in [0.2, 0.25) is 0 Å². The van der Waals surface area contributed by atoms with Crippen LogP contribution in [0.4, 0.5) is 0 Å². The van der Waals surface area contributed by atoms with Gasteiger partial charge in [-0.15, -0.1) is 0 Å². The van der Waals surface area contributed by atoms with Crippen LogP contribution >= 0.6 is 0 Å². The molecule has 1 saturated heterocycles. The van der Waals surface area contributed by atoms with Gasteiger partial charge in [0.1, 0.15) is 13.2 Å². The second-order valence-electron chi connectivity index (χ2n) is 6.39. The summed E-state index contributed by atoms with van der Waals surface area (Å²) in [5, 5.41) is 0. The first-order chi connectivity index (χ1) is 13.0. The van der Waals surface area contributed by atoms with Gasteiger partial charge < -0.3 is 13.9 Å². The van der Waals surface area contributed by atoms with Crippen LogP contribution in [0.5, 0.6) is 11.5 Å². The lowest BCUT2D eigenvalue weighted by molar-refractivity contribution is 0.0874. The third-order valence-corrected chi connectivity index (χ3v) is 6.54. The molecule has 2 aliphatic rings. The van der Waals surface area contributed by atoms with E-state index in [2.05, 4.69) is 0 Å². The maximum atomic E-state index is 12.9. The molecule has 0 aliphatic carbocycles. The van der Waals surface area contributed by atoms with E-state index in [1.165, 1.54) is 22.7 Å². The van der Waals surface area contributed by atoms with Crippen molar-refractivity contribution in [2.45, 2.75) is 4.90 Å². The molecule has 4 rings (SSSR count). The zero-order chi connectivity index (χ0) is 18.9. The summed E-state index contributed by atoms with van der Waals surface area (Å²) >= 11 is 0. The second-order valence-corrected chi connectivity index (χ2v) is 8.32. The van der Waals surface area contributed by atoms with E-state index < -0.39 is 10.0 Å². The number of ether oxygens (including phenoxy) is 2. The van der Waals surface area contributed by atoms with Gasteiger partial charge in [0.25, 0.3) is 0 Å². The molecule has 27 heavy (non-hydrogen) atoms. The van der Waals surface area contributed by atoms with Gasteiger partial charge in [-0.1, -0.05) is 0 Å². The van der Waals surface area contributed by atoms with Crippen molar-refractivity contribution >= 4 is 15.8 Å². The van der Waals surface area contributed by atoms with Gasteiger partial charge in [-0.2, -0.15) is 4.31 Å². The molecule has 3 heterocycles. The van der Waals surface area contributed by atoms with Crippen LogP contribution in [0.15, 0.2) is 45.9 Å². The van der Waals surface area contributed by atoms with Crippen molar-refractivity contribution in [1.29, 1.82) is 0 Å². The molecule has 0 saturated carbocycles. The SMILES string of the molecule is O=C(CN1CCN(S(=O)(=O)c2ccc3c(c2)OCCO3)CC1)c1ccco1. The molecular formula is C18H20N2O6S. The Bertz CT molecular complexity index is 917. The second kappa shape index (κ2) is 7.34. The standard InChI is InChI=1S/C18H20N2O6S/c21-15(16-2-1-9-24-16)13-19-5-7-20(8-6-19)27(22,23)14-3-4-17-18(12-14)26-11-10-25-17/h1-4,9,12H,5-8,10-11,13H2. The van der Waals surface area contributed by atoms with Crippen molar-refractivity contribution in [1.82, 2.24) is 9.21 Å². The van der Waals surface area contributed by atoms with E-state index in [1.54, 1.807) is 18.2 Å². The van der Waals surface area contributed by atoms with E-state index in [4.69, 9.17) is 13.9 Å². The van der Waals surface area contributed by atoms with Crippen molar-refractivity contribution < 1.29 is 27.1 Å². The molecule has 1 aromatic carbocycles. The van der Waals surface area contributed by atoms with Gasteiger partial charge >= 0.3 is 0 Å². The fraction of sp³-hybridized carbons (Fsp3) is 0.389. The molecule has 0 amide bonds. The molecule has 0 radical (unpaired) electrons. The van der Waals surface area contributed by atoms with E-state index in [1.807, 2.05) is 4.90 Å². The summed E-state index contributed by atoms with van der Waals surface area (Å²) in [6.07, 6.45) is 1.46. The lowest BCUT2D eigenvalue weighted by atomic mass is 10.2. The smallest absolute Gasteiger partial charge is 0.243 e. The molecule has 1 fully saturated rings. The normalized spacial score (nSPS) is 18.4. The van der Waals surface area contributed by atoms with E-state index in [-0.39, 0.29) is 17.2 Å². The Morgan fingerprint density at radius 1 is 1.00 bits per heavy atom. The van der Waals surface area contributed by atoms with Crippen LogP contribution in [0.1, 0.15) is 10.6 Å². The molecule has 2 aliphatic heterocycles. The number of Topliss-reactive ketones (excluding diaryl/α,β-unsaturated/α-hetero) is 1. The Hall–Kier alpha value is -2.36. The first kappa shape index (κ1) is 18.0. The highest BCUT2D eigenvalue weighted by Crippen LogP contribution is 2.33. The Morgan fingerprint density at radius 3 is 2.44 bits per heavy atom. The summed E-state index contributed by atoms with van der Waals surface area (Å²) in [6.45, 7) is 2.68. The van der Waals surface area contributed by atoms with Gasteiger partial charge in [0.05, 0.1) is 17.7 Å². The number of rotatable bonds is 5.